The molecule has 0 fully saturated rings. The lowest BCUT2D eigenvalue weighted by molar-refractivity contribution is 0.590. The molecule has 5 rings (SSSR count). The average molecular weight is 480 g/mol. The van der Waals surface area contributed by atoms with Crippen molar-refractivity contribution in [1.82, 2.24) is 4.57 Å². The number of nitrogens with zero attached hydrogens (tertiary/aromatic N) is 1. The minimum Gasteiger partial charge on any atom is -0.309 e. The normalized spacial score (nSPS) is 11.8. The van der Waals surface area contributed by atoms with E-state index in [4.69, 9.17) is 6.42 Å². The standard InChI is InChI=1S/C36H33N/c1-8-25-9-11-26(12-10-25)13-14-27-15-19-30(20-16-27)37-33-21-17-28(35(2,3)4)23-31(33)32-24-29(36(5,6)7)18-22-34(32)37/h1,9-12,15-24H,2-7H3. The fourth-order valence-electron chi connectivity index (χ4n) is 4.72. The molecule has 4 aromatic carbocycles. The molecule has 0 aliphatic rings. The van der Waals surface area contributed by atoms with Crippen LogP contribution in [0.3, 0.4) is 0 Å². The van der Waals surface area contributed by atoms with E-state index in [1.165, 1.54) is 32.9 Å². The molecular formula is C36H33N. The van der Waals surface area contributed by atoms with E-state index in [1.807, 2.05) is 24.3 Å². The molecule has 1 aromatic heterocycles. The van der Waals surface area contributed by atoms with Crippen molar-refractivity contribution < 1.29 is 0 Å². The van der Waals surface area contributed by atoms with Crippen LogP contribution in [0.2, 0.25) is 0 Å². The number of rotatable bonds is 1. The second-order valence-electron chi connectivity index (χ2n) is 11.8. The van der Waals surface area contributed by atoms with Crippen molar-refractivity contribution in [3.8, 4) is 29.9 Å². The van der Waals surface area contributed by atoms with Crippen molar-refractivity contribution in [2.45, 2.75) is 52.4 Å². The zero-order valence-corrected chi connectivity index (χ0v) is 22.6. The summed E-state index contributed by atoms with van der Waals surface area (Å²) >= 11 is 0. The summed E-state index contributed by atoms with van der Waals surface area (Å²) in [5.41, 5.74) is 9.26. The van der Waals surface area contributed by atoms with Gasteiger partial charge in [-0.15, -0.1) is 6.42 Å². The van der Waals surface area contributed by atoms with Crippen LogP contribution in [0.15, 0.2) is 84.9 Å². The molecule has 0 atom stereocenters. The lowest BCUT2D eigenvalue weighted by Gasteiger charge is -2.19. The van der Waals surface area contributed by atoms with Crippen LogP contribution in [0.4, 0.5) is 0 Å². The minimum absolute atomic E-state index is 0.0890. The summed E-state index contributed by atoms with van der Waals surface area (Å²) in [6, 6.07) is 30.2. The van der Waals surface area contributed by atoms with E-state index in [0.717, 1.165) is 22.4 Å². The van der Waals surface area contributed by atoms with E-state index in [0.29, 0.717) is 0 Å². The Hall–Kier alpha value is -4.20. The molecule has 0 bridgehead atoms. The lowest BCUT2D eigenvalue weighted by Crippen LogP contribution is -2.10. The van der Waals surface area contributed by atoms with Crippen molar-refractivity contribution in [2.24, 2.45) is 0 Å². The Kier molecular flexibility index (Phi) is 5.98. The van der Waals surface area contributed by atoms with Gasteiger partial charge in [0.1, 0.15) is 0 Å². The smallest absolute Gasteiger partial charge is 0.0541 e. The summed E-state index contributed by atoms with van der Waals surface area (Å²) < 4.78 is 2.37. The van der Waals surface area contributed by atoms with Gasteiger partial charge >= 0.3 is 0 Å². The van der Waals surface area contributed by atoms with Gasteiger partial charge in [-0.25, -0.2) is 0 Å². The fraction of sp³-hybridized carbons (Fsp3) is 0.222. The highest BCUT2D eigenvalue weighted by molar-refractivity contribution is 6.09. The van der Waals surface area contributed by atoms with Gasteiger partial charge in [0.05, 0.1) is 11.0 Å². The molecule has 5 aromatic rings. The fourth-order valence-corrected chi connectivity index (χ4v) is 4.72. The molecule has 0 unspecified atom stereocenters. The van der Waals surface area contributed by atoms with E-state index in [2.05, 4.69) is 125 Å². The van der Waals surface area contributed by atoms with Crippen LogP contribution in [0.25, 0.3) is 27.5 Å². The Labute approximate surface area is 221 Å². The van der Waals surface area contributed by atoms with Gasteiger partial charge in [0, 0.05) is 33.2 Å². The van der Waals surface area contributed by atoms with Crippen molar-refractivity contribution in [3.63, 3.8) is 0 Å². The molecular weight excluding hydrogens is 446 g/mol. The first-order valence-corrected chi connectivity index (χ1v) is 12.8. The van der Waals surface area contributed by atoms with Gasteiger partial charge in [-0.1, -0.05) is 71.4 Å². The Bertz CT molecular complexity index is 1640. The summed E-state index contributed by atoms with van der Waals surface area (Å²) in [6.45, 7) is 13.6. The summed E-state index contributed by atoms with van der Waals surface area (Å²) in [5.74, 6) is 9.17. The second-order valence-corrected chi connectivity index (χ2v) is 11.8. The maximum Gasteiger partial charge on any atom is 0.0541 e. The van der Waals surface area contributed by atoms with E-state index in [9.17, 15) is 0 Å². The van der Waals surface area contributed by atoms with Gasteiger partial charge in [0.15, 0.2) is 0 Å². The Morgan fingerprint density at radius 2 is 0.946 bits per heavy atom. The van der Waals surface area contributed by atoms with E-state index in [1.54, 1.807) is 0 Å². The maximum atomic E-state index is 5.45. The quantitative estimate of drug-likeness (QED) is 0.212. The molecule has 0 amide bonds. The number of hydrogen-bond donors (Lipinski definition) is 0. The van der Waals surface area contributed by atoms with Crippen LogP contribution >= 0.6 is 0 Å². The van der Waals surface area contributed by atoms with Crippen LogP contribution in [0, 0.1) is 24.2 Å². The van der Waals surface area contributed by atoms with Gasteiger partial charge in [-0.3, -0.25) is 0 Å². The first-order chi connectivity index (χ1) is 17.5. The van der Waals surface area contributed by atoms with Crippen LogP contribution in [0.1, 0.15) is 69.4 Å². The van der Waals surface area contributed by atoms with Gasteiger partial charge < -0.3 is 4.57 Å². The zero-order chi connectivity index (χ0) is 26.4. The SMILES string of the molecule is C#Cc1ccc(C#Cc2ccc(-n3c4ccc(C(C)(C)C)cc4c4cc(C(C)(C)C)ccc43)cc2)cc1. The van der Waals surface area contributed by atoms with Crippen LogP contribution in [0.5, 0.6) is 0 Å². The molecule has 1 nitrogen and oxygen atoms in total. The molecule has 0 N–H and O–H groups in total. The first-order valence-electron chi connectivity index (χ1n) is 12.8. The van der Waals surface area contributed by atoms with Gasteiger partial charge in [-0.05, 0) is 94.8 Å². The van der Waals surface area contributed by atoms with Gasteiger partial charge in [-0.2, -0.15) is 0 Å². The number of terminal acetylenes is 1. The van der Waals surface area contributed by atoms with Crippen molar-refractivity contribution in [2.75, 3.05) is 0 Å². The Morgan fingerprint density at radius 1 is 0.541 bits per heavy atom. The predicted molar refractivity (Wildman–Crippen MR) is 159 cm³/mol. The topological polar surface area (TPSA) is 4.93 Å². The van der Waals surface area contributed by atoms with Crippen molar-refractivity contribution >= 4 is 21.8 Å². The van der Waals surface area contributed by atoms with E-state index in [-0.39, 0.29) is 10.8 Å². The molecule has 0 spiro atoms. The molecule has 0 radical (unpaired) electrons. The third-order valence-electron chi connectivity index (χ3n) is 7.03. The molecule has 1 heteroatoms. The predicted octanol–water partition coefficient (Wildman–Crippen LogP) is 8.76. The Morgan fingerprint density at radius 3 is 1.35 bits per heavy atom. The van der Waals surface area contributed by atoms with Crippen molar-refractivity contribution in [3.05, 3.63) is 113 Å². The minimum atomic E-state index is 0.0890. The maximum absolute atomic E-state index is 5.45. The largest absolute Gasteiger partial charge is 0.309 e. The van der Waals surface area contributed by atoms with Crippen LogP contribution < -0.4 is 0 Å². The average Bonchev–Trinajstić information content (AvgIpc) is 3.20. The van der Waals surface area contributed by atoms with E-state index >= 15 is 0 Å². The highest BCUT2D eigenvalue weighted by atomic mass is 15.0. The number of hydrogen-bond acceptors (Lipinski definition) is 0. The molecule has 0 aliphatic heterocycles. The highest BCUT2D eigenvalue weighted by Gasteiger charge is 2.20. The van der Waals surface area contributed by atoms with Gasteiger partial charge in [0.2, 0.25) is 0 Å². The molecule has 0 saturated heterocycles. The summed E-state index contributed by atoms with van der Waals surface area (Å²) in [4.78, 5) is 0. The zero-order valence-electron chi connectivity index (χ0n) is 22.6. The summed E-state index contributed by atoms with van der Waals surface area (Å²) in [6.07, 6.45) is 5.45. The molecule has 182 valence electrons. The van der Waals surface area contributed by atoms with Crippen molar-refractivity contribution in [1.29, 1.82) is 0 Å². The molecule has 37 heavy (non-hydrogen) atoms. The lowest BCUT2D eigenvalue weighted by atomic mass is 9.85. The number of benzene rings is 4. The number of fused-ring (bicyclic) bond motifs is 3. The Balaban J connectivity index is 1.62. The van der Waals surface area contributed by atoms with E-state index < -0.39 is 0 Å². The third-order valence-corrected chi connectivity index (χ3v) is 7.03. The van der Waals surface area contributed by atoms with Crippen LogP contribution in [-0.4, -0.2) is 4.57 Å². The summed E-state index contributed by atoms with van der Waals surface area (Å²) in [5, 5.41) is 2.60. The second kappa shape index (κ2) is 9.03. The van der Waals surface area contributed by atoms with Crippen LogP contribution in [-0.2, 0) is 10.8 Å². The summed E-state index contributed by atoms with van der Waals surface area (Å²) in [7, 11) is 0. The molecule has 0 saturated carbocycles. The first kappa shape index (κ1) is 24.5. The van der Waals surface area contributed by atoms with Gasteiger partial charge in [0.25, 0.3) is 0 Å². The third kappa shape index (κ3) is 4.79. The monoisotopic (exact) mass is 479 g/mol. The molecule has 1 heterocycles. The highest BCUT2D eigenvalue weighted by Crippen LogP contribution is 2.37. The number of aromatic nitrogens is 1. The molecule has 0 aliphatic carbocycles.